The number of ether oxygens (including phenoxy) is 3. The molecule has 154 valence electrons. The monoisotopic (exact) mass is 380 g/mol. The first-order chi connectivity index (χ1) is 12.8. The van der Waals surface area contributed by atoms with Crippen molar-refractivity contribution < 1.29 is 19.3 Å². The minimum absolute atomic E-state index is 0.225. The summed E-state index contributed by atoms with van der Waals surface area (Å²) in [7, 11) is 3.76. The van der Waals surface area contributed by atoms with Crippen molar-refractivity contribution in [3.05, 3.63) is 23.8 Å². The van der Waals surface area contributed by atoms with Crippen molar-refractivity contribution in [3.8, 4) is 11.5 Å². The molecule has 1 aromatic carbocycles. The Labute approximate surface area is 164 Å². The molecule has 0 spiro atoms. The van der Waals surface area contributed by atoms with Gasteiger partial charge >= 0.3 is 0 Å². The Balaban J connectivity index is 1.98. The normalized spacial score (nSPS) is 17.1. The molecule has 1 fully saturated rings. The van der Waals surface area contributed by atoms with Crippen molar-refractivity contribution in [2.75, 3.05) is 60.2 Å². The lowest BCUT2D eigenvalue weighted by atomic mass is 9.96. The topological polar surface area (TPSA) is 54.4 Å². The highest BCUT2D eigenvalue weighted by molar-refractivity contribution is 5.46. The number of para-hydroxylation sites is 1. The maximum absolute atomic E-state index is 10.4. The Bertz CT molecular complexity index is 568. The first kappa shape index (κ1) is 22.0. The summed E-state index contributed by atoms with van der Waals surface area (Å²) < 4.78 is 16.9. The van der Waals surface area contributed by atoms with E-state index in [-0.39, 0.29) is 12.0 Å². The Hall–Kier alpha value is -1.34. The number of aliphatic hydroxyl groups excluding tert-OH is 1. The van der Waals surface area contributed by atoms with E-state index in [0.29, 0.717) is 12.3 Å². The van der Waals surface area contributed by atoms with Crippen molar-refractivity contribution in [1.82, 2.24) is 9.80 Å². The lowest BCUT2D eigenvalue weighted by Crippen LogP contribution is -2.42. The molecule has 27 heavy (non-hydrogen) atoms. The molecule has 0 bridgehead atoms. The molecule has 0 unspecified atom stereocenters. The Morgan fingerprint density at radius 1 is 1.26 bits per heavy atom. The fraction of sp³-hybridized carbons (Fsp3) is 0.714. The first-order valence-corrected chi connectivity index (χ1v) is 9.74. The van der Waals surface area contributed by atoms with Crippen molar-refractivity contribution in [1.29, 1.82) is 0 Å². The van der Waals surface area contributed by atoms with Crippen molar-refractivity contribution >= 4 is 0 Å². The number of nitrogens with zero attached hydrogens (tertiary/aromatic N) is 2. The van der Waals surface area contributed by atoms with E-state index in [1.807, 2.05) is 12.1 Å². The third-order valence-electron chi connectivity index (χ3n) is 4.46. The molecule has 6 nitrogen and oxygen atoms in total. The summed E-state index contributed by atoms with van der Waals surface area (Å²) in [6, 6.07) is 5.94. The van der Waals surface area contributed by atoms with Crippen molar-refractivity contribution in [2.45, 2.75) is 33.4 Å². The minimum Gasteiger partial charge on any atom is -0.493 e. The van der Waals surface area contributed by atoms with Crippen LogP contribution in [0, 0.1) is 5.41 Å². The molecule has 0 radical (unpaired) electrons. The maximum atomic E-state index is 10.4. The van der Waals surface area contributed by atoms with Gasteiger partial charge in [-0.05, 0) is 18.5 Å². The quantitative estimate of drug-likeness (QED) is 0.709. The van der Waals surface area contributed by atoms with E-state index in [9.17, 15) is 5.11 Å². The predicted molar refractivity (Wildman–Crippen MR) is 108 cm³/mol. The molecule has 0 aliphatic carbocycles. The van der Waals surface area contributed by atoms with Gasteiger partial charge in [-0.25, -0.2) is 0 Å². The zero-order chi connectivity index (χ0) is 19.9. The third kappa shape index (κ3) is 7.66. The molecular weight excluding hydrogens is 344 g/mol. The number of benzene rings is 1. The minimum atomic E-state index is -0.548. The maximum Gasteiger partial charge on any atom is 0.165 e. The van der Waals surface area contributed by atoms with E-state index >= 15 is 0 Å². The standard InChI is InChI=1S/C21H36N2O4/c1-21(2,3)16-22(4)13-17-7-6-8-19(25-5)20(17)27-15-18(24)14-23-9-11-26-12-10-23/h6-8,18,24H,9-16H2,1-5H3/t18-/m1/s1. The summed E-state index contributed by atoms with van der Waals surface area (Å²) in [4.78, 5) is 4.49. The summed E-state index contributed by atoms with van der Waals surface area (Å²) in [5, 5.41) is 10.4. The lowest BCUT2D eigenvalue weighted by Gasteiger charge is -2.29. The molecule has 1 aliphatic heterocycles. The zero-order valence-electron chi connectivity index (χ0n) is 17.5. The second kappa shape index (κ2) is 10.3. The highest BCUT2D eigenvalue weighted by atomic mass is 16.5. The van der Waals surface area contributed by atoms with Crippen LogP contribution in [0.25, 0.3) is 0 Å². The number of rotatable bonds is 9. The summed E-state index contributed by atoms with van der Waals surface area (Å²) in [6.07, 6.45) is -0.548. The van der Waals surface area contributed by atoms with Crippen LogP contribution in [-0.2, 0) is 11.3 Å². The number of hydrogen-bond acceptors (Lipinski definition) is 6. The number of morpholine rings is 1. The largest absolute Gasteiger partial charge is 0.493 e. The summed E-state index contributed by atoms with van der Waals surface area (Å²) in [5.74, 6) is 1.43. The molecule has 0 amide bonds. The van der Waals surface area contributed by atoms with Crippen LogP contribution in [0.15, 0.2) is 18.2 Å². The van der Waals surface area contributed by atoms with E-state index < -0.39 is 6.10 Å². The summed E-state index contributed by atoms with van der Waals surface area (Å²) in [5.41, 5.74) is 1.29. The van der Waals surface area contributed by atoms with Crippen LogP contribution in [0.1, 0.15) is 26.3 Å². The van der Waals surface area contributed by atoms with E-state index in [1.165, 1.54) is 0 Å². The Morgan fingerprint density at radius 2 is 1.96 bits per heavy atom. The fourth-order valence-corrected chi connectivity index (χ4v) is 3.48. The highest BCUT2D eigenvalue weighted by Crippen LogP contribution is 2.32. The van der Waals surface area contributed by atoms with Crippen LogP contribution in [0.5, 0.6) is 11.5 Å². The second-order valence-electron chi connectivity index (χ2n) is 8.56. The zero-order valence-corrected chi connectivity index (χ0v) is 17.5. The number of β-amino-alcohol motifs (C(OH)–C–C–N with tert-alkyl or cyclic N) is 1. The van der Waals surface area contributed by atoms with Gasteiger partial charge in [0.25, 0.3) is 0 Å². The molecule has 1 N–H and O–H groups in total. The van der Waals surface area contributed by atoms with E-state index in [4.69, 9.17) is 14.2 Å². The van der Waals surface area contributed by atoms with Gasteiger partial charge in [0.1, 0.15) is 12.7 Å². The van der Waals surface area contributed by atoms with Crippen LogP contribution >= 0.6 is 0 Å². The first-order valence-electron chi connectivity index (χ1n) is 9.74. The molecule has 1 saturated heterocycles. The van der Waals surface area contributed by atoms with Crippen LogP contribution < -0.4 is 9.47 Å². The molecule has 1 aliphatic rings. The average Bonchev–Trinajstić information content (AvgIpc) is 2.59. The number of hydrogen-bond donors (Lipinski definition) is 1. The molecule has 1 aromatic rings. The molecule has 0 saturated carbocycles. The predicted octanol–water partition coefficient (Wildman–Crippen LogP) is 2.25. The van der Waals surface area contributed by atoms with E-state index in [0.717, 1.165) is 50.7 Å². The van der Waals surface area contributed by atoms with Crippen molar-refractivity contribution in [3.63, 3.8) is 0 Å². The molecule has 6 heteroatoms. The fourth-order valence-electron chi connectivity index (χ4n) is 3.48. The highest BCUT2D eigenvalue weighted by Gasteiger charge is 2.19. The molecule has 1 atom stereocenters. The molecule has 1 heterocycles. The average molecular weight is 381 g/mol. The van der Waals surface area contributed by atoms with E-state index in [1.54, 1.807) is 7.11 Å². The van der Waals surface area contributed by atoms with Crippen molar-refractivity contribution in [2.24, 2.45) is 5.41 Å². The van der Waals surface area contributed by atoms with Crippen LogP contribution in [0.3, 0.4) is 0 Å². The van der Waals surface area contributed by atoms with Gasteiger partial charge in [-0.2, -0.15) is 0 Å². The Morgan fingerprint density at radius 3 is 2.59 bits per heavy atom. The van der Waals surface area contributed by atoms with E-state index in [2.05, 4.69) is 43.7 Å². The van der Waals surface area contributed by atoms with Gasteiger partial charge in [-0.3, -0.25) is 4.90 Å². The lowest BCUT2D eigenvalue weighted by molar-refractivity contribution is 0.00431. The third-order valence-corrected chi connectivity index (χ3v) is 4.46. The van der Waals surface area contributed by atoms with Gasteiger partial charge in [0.2, 0.25) is 0 Å². The molecule has 2 rings (SSSR count). The van der Waals surface area contributed by atoms with Gasteiger partial charge in [0.05, 0.1) is 20.3 Å². The molecular formula is C21H36N2O4. The SMILES string of the molecule is COc1cccc(CN(C)CC(C)(C)C)c1OC[C@H](O)CN1CCOCC1. The molecule has 0 aromatic heterocycles. The van der Waals surface area contributed by atoms with Crippen LogP contribution in [-0.4, -0.2) is 81.2 Å². The number of aliphatic hydroxyl groups is 1. The van der Waals surface area contributed by atoms with Crippen LogP contribution in [0.2, 0.25) is 0 Å². The second-order valence-corrected chi connectivity index (χ2v) is 8.56. The van der Waals surface area contributed by atoms with Gasteiger partial charge in [0, 0.05) is 38.3 Å². The smallest absolute Gasteiger partial charge is 0.165 e. The van der Waals surface area contributed by atoms with Gasteiger partial charge in [-0.1, -0.05) is 32.9 Å². The van der Waals surface area contributed by atoms with Crippen LogP contribution in [0.4, 0.5) is 0 Å². The Kier molecular flexibility index (Phi) is 8.35. The van der Waals surface area contributed by atoms with Gasteiger partial charge in [-0.15, -0.1) is 0 Å². The summed E-state index contributed by atoms with van der Waals surface area (Å²) >= 11 is 0. The number of methoxy groups -OCH3 is 1. The van der Waals surface area contributed by atoms with Gasteiger partial charge in [0.15, 0.2) is 11.5 Å². The van der Waals surface area contributed by atoms with Gasteiger partial charge < -0.3 is 24.2 Å². The summed E-state index contributed by atoms with van der Waals surface area (Å²) in [6.45, 7) is 12.4.